The number of halogens is 1. The molecule has 0 amide bonds. The summed E-state index contributed by atoms with van der Waals surface area (Å²) in [5.41, 5.74) is 0.898. The molecule has 3 rings (SSSR count). The highest BCUT2D eigenvalue weighted by atomic mass is 35.5. The number of hydrogen-bond acceptors (Lipinski definition) is 7. The van der Waals surface area contributed by atoms with Gasteiger partial charge in [-0.15, -0.1) is 12.4 Å². The quantitative estimate of drug-likeness (QED) is 0.408. The Labute approximate surface area is 162 Å². The van der Waals surface area contributed by atoms with E-state index in [1.165, 1.54) is 18.2 Å². The number of nitrogens with two attached hydrogens (primary N) is 1. The molecule has 1 aliphatic heterocycles. The highest BCUT2D eigenvalue weighted by molar-refractivity contribution is 7.89. The summed E-state index contributed by atoms with van der Waals surface area (Å²) in [5, 5.41) is 47.9. The minimum Gasteiger partial charge on any atom is -0.508 e. The first-order valence-electron chi connectivity index (χ1n) is 7.97. The molecule has 0 unspecified atom stereocenters. The van der Waals surface area contributed by atoms with Crippen LogP contribution in [0.25, 0.3) is 0 Å². The first-order chi connectivity index (χ1) is 12.2. The standard InChI is InChI=1S/C17H20N2O6S.ClH/c18-26(24,25)16-4-3-13(20)11(17(16)23)5-10-7-19-8-12(10)9-1-2-14(21)15(22)6-9;/h1-4,6,10,12,19-23H,5,7-8H2,(H2,18,24,25);1H/t10-,12+;/m1./s1. The Balaban J connectivity index is 0.00000261. The maximum Gasteiger partial charge on any atom is 0.241 e. The van der Waals surface area contributed by atoms with Crippen LogP contribution in [0.1, 0.15) is 17.0 Å². The largest absolute Gasteiger partial charge is 0.508 e. The van der Waals surface area contributed by atoms with Crippen LogP contribution in [0.5, 0.6) is 23.0 Å². The zero-order chi connectivity index (χ0) is 19.1. The smallest absolute Gasteiger partial charge is 0.241 e. The fourth-order valence-electron chi connectivity index (χ4n) is 3.41. The van der Waals surface area contributed by atoms with Crippen LogP contribution in [0.3, 0.4) is 0 Å². The minimum atomic E-state index is -4.12. The molecule has 1 fully saturated rings. The minimum absolute atomic E-state index is 0. The van der Waals surface area contributed by atoms with Crippen LogP contribution in [-0.2, 0) is 16.4 Å². The second-order valence-electron chi connectivity index (χ2n) is 6.43. The van der Waals surface area contributed by atoms with Gasteiger partial charge in [0.2, 0.25) is 10.0 Å². The Morgan fingerprint density at radius 2 is 1.67 bits per heavy atom. The number of nitrogens with one attached hydrogen (secondary N) is 1. The predicted molar refractivity (Wildman–Crippen MR) is 101 cm³/mol. The van der Waals surface area contributed by atoms with Crippen LogP contribution in [0.2, 0.25) is 0 Å². The van der Waals surface area contributed by atoms with Gasteiger partial charge >= 0.3 is 0 Å². The number of rotatable bonds is 4. The monoisotopic (exact) mass is 416 g/mol. The summed E-state index contributed by atoms with van der Waals surface area (Å²) >= 11 is 0. The first-order valence-corrected chi connectivity index (χ1v) is 9.52. The molecule has 2 atom stereocenters. The molecule has 7 N–H and O–H groups in total. The lowest BCUT2D eigenvalue weighted by Crippen LogP contribution is -2.16. The number of phenols is 4. The van der Waals surface area contributed by atoms with E-state index in [9.17, 15) is 28.8 Å². The number of aromatic hydroxyl groups is 4. The maximum atomic E-state index is 11.6. The lowest BCUT2D eigenvalue weighted by atomic mass is 9.84. The van der Waals surface area contributed by atoms with Crippen molar-refractivity contribution in [2.45, 2.75) is 17.2 Å². The van der Waals surface area contributed by atoms with Crippen molar-refractivity contribution in [1.29, 1.82) is 0 Å². The lowest BCUT2D eigenvalue weighted by Gasteiger charge is -2.21. The Kier molecular flexibility index (Phi) is 6.10. The van der Waals surface area contributed by atoms with Gasteiger partial charge in [-0.3, -0.25) is 0 Å². The Bertz CT molecular complexity index is 951. The van der Waals surface area contributed by atoms with Gasteiger partial charge in [0.05, 0.1) is 0 Å². The second-order valence-corrected chi connectivity index (χ2v) is 7.96. The molecular weight excluding hydrogens is 396 g/mol. The summed E-state index contributed by atoms with van der Waals surface area (Å²) in [6, 6.07) is 6.82. The van der Waals surface area contributed by atoms with Gasteiger partial charge in [0.1, 0.15) is 16.4 Å². The summed E-state index contributed by atoms with van der Waals surface area (Å²) < 4.78 is 23.2. The molecular formula is C17H21ClN2O6S. The number of primary sulfonamides is 1. The molecule has 2 aromatic rings. The van der Waals surface area contributed by atoms with Crippen molar-refractivity contribution in [3.05, 3.63) is 41.5 Å². The van der Waals surface area contributed by atoms with Gasteiger partial charge in [-0.1, -0.05) is 6.07 Å². The summed E-state index contributed by atoms with van der Waals surface area (Å²) in [5.74, 6) is -1.34. The topological polar surface area (TPSA) is 153 Å². The fraction of sp³-hybridized carbons (Fsp3) is 0.294. The van der Waals surface area contributed by atoms with E-state index in [0.29, 0.717) is 13.1 Å². The maximum absolute atomic E-state index is 11.6. The van der Waals surface area contributed by atoms with E-state index in [2.05, 4.69) is 5.32 Å². The molecule has 0 aliphatic carbocycles. The lowest BCUT2D eigenvalue weighted by molar-refractivity contribution is 0.400. The summed E-state index contributed by atoms with van der Waals surface area (Å²) in [6.07, 6.45) is 0.209. The van der Waals surface area contributed by atoms with Crippen molar-refractivity contribution in [3.63, 3.8) is 0 Å². The highest BCUT2D eigenvalue weighted by Gasteiger charge is 2.31. The summed E-state index contributed by atoms with van der Waals surface area (Å²) in [4.78, 5) is -0.435. The first kappa shape index (κ1) is 21.1. The molecule has 10 heteroatoms. The third-order valence-electron chi connectivity index (χ3n) is 4.76. The average molecular weight is 417 g/mol. The molecule has 0 aromatic heterocycles. The SMILES string of the molecule is Cl.NS(=O)(=O)c1ccc(O)c(C[C@@H]2CNC[C@H]2c2ccc(O)c(O)c2)c1O. The predicted octanol–water partition coefficient (Wildman–Crippen LogP) is 1.12. The van der Waals surface area contributed by atoms with Crippen molar-refractivity contribution in [2.75, 3.05) is 13.1 Å². The van der Waals surface area contributed by atoms with Crippen LogP contribution in [-0.4, -0.2) is 41.9 Å². The summed E-state index contributed by atoms with van der Waals surface area (Å²) in [6.45, 7) is 1.18. The molecule has 0 bridgehead atoms. The van der Waals surface area contributed by atoms with Crippen LogP contribution in [0, 0.1) is 5.92 Å². The van der Waals surface area contributed by atoms with E-state index in [0.717, 1.165) is 11.6 Å². The van der Waals surface area contributed by atoms with Gasteiger partial charge < -0.3 is 25.7 Å². The normalized spacial score (nSPS) is 19.6. The van der Waals surface area contributed by atoms with Gasteiger partial charge in [0, 0.05) is 18.0 Å². The molecule has 1 saturated heterocycles. The van der Waals surface area contributed by atoms with Crippen LogP contribution in [0.15, 0.2) is 35.2 Å². The molecule has 0 spiro atoms. The number of phenolic OH excluding ortho intramolecular Hbond substituents is 4. The van der Waals surface area contributed by atoms with Gasteiger partial charge in [0.15, 0.2) is 11.5 Å². The molecule has 2 aromatic carbocycles. The second kappa shape index (κ2) is 7.81. The molecule has 148 valence electrons. The van der Waals surface area contributed by atoms with Crippen LogP contribution >= 0.6 is 12.4 Å². The molecule has 0 radical (unpaired) electrons. The van der Waals surface area contributed by atoms with E-state index in [-0.39, 0.29) is 53.5 Å². The van der Waals surface area contributed by atoms with Crippen molar-refractivity contribution in [2.24, 2.45) is 11.1 Å². The fourth-order valence-corrected chi connectivity index (χ4v) is 4.06. The van der Waals surface area contributed by atoms with Gasteiger partial charge in [-0.25, -0.2) is 13.6 Å². The molecule has 1 aliphatic rings. The van der Waals surface area contributed by atoms with E-state index >= 15 is 0 Å². The number of sulfonamides is 1. The summed E-state index contributed by atoms with van der Waals surface area (Å²) in [7, 11) is -4.12. The van der Waals surface area contributed by atoms with Gasteiger partial charge in [-0.2, -0.15) is 0 Å². The van der Waals surface area contributed by atoms with Crippen LogP contribution in [0.4, 0.5) is 0 Å². The Morgan fingerprint density at radius 1 is 1.00 bits per heavy atom. The Hall–Kier alpha value is -2.20. The van der Waals surface area contributed by atoms with E-state index in [1.807, 2.05) is 0 Å². The van der Waals surface area contributed by atoms with Gasteiger partial charge in [0.25, 0.3) is 0 Å². The van der Waals surface area contributed by atoms with Crippen LogP contribution < -0.4 is 10.5 Å². The van der Waals surface area contributed by atoms with Crippen molar-refractivity contribution in [1.82, 2.24) is 5.32 Å². The zero-order valence-electron chi connectivity index (χ0n) is 14.2. The van der Waals surface area contributed by atoms with Crippen molar-refractivity contribution in [3.8, 4) is 23.0 Å². The van der Waals surface area contributed by atoms with Gasteiger partial charge in [-0.05, 0) is 48.7 Å². The van der Waals surface area contributed by atoms with Crippen molar-refractivity contribution >= 4 is 22.4 Å². The third-order valence-corrected chi connectivity index (χ3v) is 5.70. The van der Waals surface area contributed by atoms with E-state index < -0.39 is 20.7 Å². The third kappa shape index (κ3) is 4.22. The molecule has 1 heterocycles. The molecule has 0 saturated carbocycles. The molecule has 27 heavy (non-hydrogen) atoms. The highest BCUT2D eigenvalue weighted by Crippen LogP contribution is 2.40. The van der Waals surface area contributed by atoms with E-state index in [1.54, 1.807) is 6.07 Å². The average Bonchev–Trinajstić information content (AvgIpc) is 3.01. The van der Waals surface area contributed by atoms with Crippen molar-refractivity contribution < 1.29 is 28.8 Å². The number of hydrogen-bond donors (Lipinski definition) is 6. The molecule has 8 nitrogen and oxygen atoms in total. The van der Waals surface area contributed by atoms with E-state index in [4.69, 9.17) is 5.14 Å². The number of benzene rings is 2. The zero-order valence-corrected chi connectivity index (χ0v) is 15.8. The Morgan fingerprint density at radius 3 is 2.30 bits per heavy atom.